The molecule has 2 aromatic carbocycles. The predicted octanol–water partition coefficient (Wildman–Crippen LogP) is 3.67. The van der Waals surface area contributed by atoms with E-state index in [4.69, 9.17) is 4.74 Å². The summed E-state index contributed by atoms with van der Waals surface area (Å²) in [6.07, 6.45) is 3.96. The smallest absolute Gasteiger partial charge is 0.253 e. The van der Waals surface area contributed by atoms with E-state index in [0.29, 0.717) is 6.04 Å². The third-order valence-corrected chi connectivity index (χ3v) is 5.61. The molecule has 0 unspecified atom stereocenters. The highest BCUT2D eigenvalue weighted by Crippen LogP contribution is 2.25. The lowest BCUT2D eigenvalue weighted by atomic mass is 10.00. The number of hydrogen-bond acceptors (Lipinski definition) is 3. The van der Waals surface area contributed by atoms with Gasteiger partial charge in [-0.3, -0.25) is 9.69 Å². The molecule has 4 heteroatoms. The van der Waals surface area contributed by atoms with Gasteiger partial charge in [0.05, 0.1) is 7.11 Å². The quantitative estimate of drug-likeness (QED) is 0.843. The van der Waals surface area contributed by atoms with Gasteiger partial charge in [-0.25, -0.2) is 0 Å². The lowest BCUT2D eigenvalue weighted by Gasteiger charge is -2.46. The molecule has 2 aliphatic rings. The number of carbonyl (C=O) groups excluding carboxylic acids is 1. The van der Waals surface area contributed by atoms with Crippen LogP contribution in [0.15, 0.2) is 48.5 Å². The van der Waals surface area contributed by atoms with Gasteiger partial charge in [-0.2, -0.15) is 0 Å². The number of hydrogen-bond donors (Lipinski definition) is 0. The average Bonchev–Trinajstić information content (AvgIpc) is 2.68. The Morgan fingerprint density at radius 2 is 1.46 bits per heavy atom. The molecule has 4 rings (SSSR count). The van der Waals surface area contributed by atoms with Gasteiger partial charge in [-0.1, -0.05) is 30.7 Å². The third kappa shape index (κ3) is 3.47. The van der Waals surface area contributed by atoms with Crippen LogP contribution in [0.25, 0.3) is 11.1 Å². The fourth-order valence-electron chi connectivity index (χ4n) is 3.91. The molecule has 0 radical (unpaired) electrons. The predicted molar refractivity (Wildman–Crippen MR) is 104 cm³/mol. The SMILES string of the molecule is COc1ccc(-c2ccc(C(=O)N3CC(N4CCCCC4)C3)cc2)cc1. The van der Waals surface area contributed by atoms with Crippen LogP contribution in [0.4, 0.5) is 0 Å². The van der Waals surface area contributed by atoms with Crippen LogP contribution in [0.1, 0.15) is 29.6 Å². The monoisotopic (exact) mass is 350 g/mol. The van der Waals surface area contributed by atoms with E-state index in [-0.39, 0.29) is 5.91 Å². The van der Waals surface area contributed by atoms with Crippen LogP contribution in [-0.4, -0.2) is 55.0 Å². The Bertz CT molecular complexity index is 743. The van der Waals surface area contributed by atoms with Crippen molar-refractivity contribution >= 4 is 5.91 Å². The third-order valence-electron chi connectivity index (χ3n) is 5.61. The largest absolute Gasteiger partial charge is 0.497 e. The molecular weight excluding hydrogens is 324 g/mol. The summed E-state index contributed by atoms with van der Waals surface area (Å²) < 4.78 is 5.20. The number of methoxy groups -OCH3 is 1. The molecule has 2 aromatic rings. The number of amides is 1. The van der Waals surface area contributed by atoms with Gasteiger partial charge in [0.15, 0.2) is 0 Å². The molecule has 0 bridgehead atoms. The first kappa shape index (κ1) is 17.1. The Hall–Kier alpha value is -2.33. The van der Waals surface area contributed by atoms with Crippen LogP contribution in [0.5, 0.6) is 5.75 Å². The van der Waals surface area contributed by atoms with E-state index in [9.17, 15) is 4.79 Å². The van der Waals surface area contributed by atoms with Gasteiger partial charge >= 0.3 is 0 Å². The number of nitrogens with zero attached hydrogens (tertiary/aromatic N) is 2. The molecule has 2 aliphatic heterocycles. The van der Waals surface area contributed by atoms with Crippen LogP contribution in [0, 0.1) is 0 Å². The molecule has 4 nitrogen and oxygen atoms in total. The molecule has 0 atom stereocenters. The first-order chi connectivity index (χ1) is 12.7. The van der Waals surface area contributed by atoms with Gasteiger partial charge in [0.25, 0.3) is 5.91 Å². The minimum absolute atomic E-state index is 0.152. The Balaban J connectivity index is 1.37. The Morgan fingerprint density at radius 1 is 0.885 bits per heavy atom. The van der Waals surface area contributed by atoms with Gasteiger partial charge in [-0.15, -0.1) is 0 Å². The lowest BCUT2D eigenvalue weighted by molar-refractivity contribution is 0.0203. The summed E-state index contributed by atoms with van der Waals surface area (Å²) in [5.41, 5.74) is 3.01. The second kappa shape index (κ2) is 7.50. The van der Waals surface area contributed by atoms with Crippen molar-refractivity contribution in [3.8, 4) is 16.9 Å². The number of rotatable bonds is 4. The average molecular weight is 350 g/mol. The summed E-state index contributed by atoms with van der Waals surface area (Å²) in [6.45, 7) is 4.14. The maximum atomic E-state index is 12.7. The van der Waals surface area contributed by atoms with Crippen LogP contribution in [-0.2, 0) is 0 Å². The minimum atomic E-state index is 0.152. The molecule has 2 heterocycles. The van der Waals surface area contributed by atoms with Crippen molar-refractivity contribution in [1.29, 1.82) is 0 Å². The number of benzene rings is 2. The summed E-state index contributed by atoms with van der Waals surface area (Å²) in [7, 11) is 1.67. The second-order valence-electron chi connectivity index (χ2n) is 7.27. The van der Waals surface area contributed by atoms with Crippen LogP contribution in [0.3, 0.4) is 0 Å². The highest BCUT2D eigenvalue weighted by molar-refractivity contribution is 5.95. The van der Waals surface area contributed by atoms with Gasteiger partial charge in [-0.05, 0) is 61.3 Å². The van der Waals surface area contributed by atoms with Crippen molar-refractivity contribution in [2.75, 3.05) is 33.3 Å². The van der Waals surface area contributed by atoms with Gasteiger partial charge in [0, 0.05) is 24.7 Å². The van der Waals surface area contributed by atoms with E-state index in [1.165, 1.54) is 32.4 Å². The maximum absolute atomic E-state index is 12.7. The number of piperidine rings is 1. The number of ether oxygens (including phenoxy) is 1. The Kier molecular flexibility index (Phi) is 4.93. The van der Waals surface area contributed by atoms with E-state index in [0.717, 1.165) is 35.5 Å². The highest BCUT2D eigenvalue weighted by atomic mass is 16.5. The van der Waals surface area contributed by atoms with Gasteiger partial charge in [0.2, 0.25) is 0 Å². The molecule has 0 aromatic heterocycles. The molecule has 0 aliphatic carbocycles. The van der Waals surface area contributed by atoms with Crippen LogP contribution in [0.2, 0.25) is 0 Å². The van der Waals surface area contributed by atoms with E-state index < -0.39 is 0 Å². The van der Waals surface area contributed by atoms with E-state index in [2.05, 4.69) is 4.90 Å². The van der Waals surface area contributed by atoms with E-state index in [1.807, 2.05) is 53.4 Å². The van der Waals surface area contributed by atoms with E-state index in [1.54, 1.807) is 7.11 Å². The molecule has 1 amide bonds. The fraction of sp³-hybridized carbons (Fsp3) is 0.409. The van der Waals surface area contributed by atoms with Crippen molar-refractivity contribution in [3.63, 3.8) is 0 Å². The molecule has 0 N–H and O–H groups in total. The molecule has 0 saturated carbocycles. The first-order valence-corrected chi connectivity index (χ1v) is 9.52. The Labute approximate surface area is 155 Å². The first-order valence-electron chi connectivity index (χ1n) is 9.52. The van der Waals surface area contributed by atoms with Gasteiger partial charge < -0.3 is 9.64 Å². The summed E-state index contributed by atoms with van der Waals surface area (Å²) >= 11 is 0. The molecule has 136 valence electrons. The molecule has 2 fully saturated rings. The topological polar surface area (TPSA) is 32.8 Å². The molecular formula is C22H26N2O2. The van der Waals surface area contributed by atoms with Crippen molar-refractivity contribution in [2.24, 2.45) is 0 Å². The van der Waals surface area contributed by atoms with Crippen LogP contribution >= 0.6 is 0 Å². The van der Waals surface area contributed by atoms with Crippen molar-refractivity contribution in [2.45, 2.75) is 25.3 Å². The summed E-state index contributed by atoms with van der Waals surface area (Å²) in [5.74, 6) is 1.00. The number of carbonyl (C=O) groups is 1. The Morgan fingerprint density at radius 3 is 2.04 bits per heavy atom. The van der Waals surface area contributed by atoms with Crippen molar-refractivity contribution in [1.82, 2.24) is 9.80 Å². The minimum Gasteiger partial charge on any atom is -0.497 e. The maximum Gasteiger partial charge on any atom is 0.253 e. The zero-order chi connectivity index (χ0) is 17.9. The standard InChI is InChI=1S/C22H26N2O2/c1-26-21-11-9-18(10-12-21)17-5-7-19(8-6-17)22(25)24-15-20(16-24)23-13-3-2-4-14-23/h5-12,20H,2-4,13-16H2,1H3. The normalized spacial score (nSPS) is 18.4. The fourth-order valence-corrected chi connectivity index (χ4v) is 3.91. The second-order valence-corrected chi connectivity index (χ2v) is 7.27. The number of likely N-dealkylation sites (tertiary alicyclic amines) is 2. The summed E-state index contributed by atoms with van der Waals surface area (Å²) in [4.78, 5) is 17.2. The highest BCUT2D eigenvalue weighted by Gasteiger charge is 2.35. The zero-order valence-corrected chi connectivity index (χ0v) is 15.4. The van der Waals surface area contributed by atoms with Crippen LogP contribution < -0.4 is 4.74 Å². The van der Waals surface area contributed by atoms with Gasteiger partial charge in [0.1, 0.15) is 5.75 Å². The zero-order valence-electron chi connectivity index (χ0n) is 15.4. The lowest BCUT2D eigenvalue weighted by Crippen LogP contribution is -2.61. The molecule has 0 spiro atoms. The van der Waals surface area contributed by atoms with E-state index >= 15 is 0 Å². The summed E-state index contributed by atoms with van der Waals surface area (Å²) in [6, 6.07) is 16.5. The van der Waals surface area contributed by atoms with Crippen molar-refractivity contribution in [3.05, 3.63) is 54.1 Å². The molecule has 26 heavy (non-hydrogen) atoms. The molecule has 2 saturated heterocycles. The summed E-state index contributed by atoms with van der Waals surface area (Å²) in [5, 5.41) is 0. The van der Waals surface area contributed by atoms with Crippen molar-refractivity contribution < 1.29 is 9.53 Å².